The van der Waals surface area contributed by atoms with Crippen molar-refractivity contribution in [1.82, 2.24) is 4.98 Å². The van der Waals surface area contributed by atoms with Crippen molar-refractivity contribution in [1.29, 1.82) is 0 Å². The molecular formula is C25H22N2OS. The first-order valence-electron chi connectivity index (χ1n) is 9.55. The van der Waals surface area contributed by atoms with E-state index in [4.69, 9.17) is 0 Å². The molecule has 1 amide bonds. The molecule has 0 spiro atoms. The Kier molecular flexibility index (Phi) is 5.63. The van der Waals surface area contributed by atoms with Gasteiger partial charge in [-0.05, 0) is 48.7 Å². The molecule has 1 aromatic heterocycles. The van der Waals surface area contributed by atoms with Gasteiger partial charge < -0.3 is 5.32 Å². The van der Waals surface area contributed by atoms with Crippen LogP contribution in [0, 0.1) is 13.8 Å². The predicted octanol–water partition coefficient (Wildman–Crippen LogP) is 6.32. The fourth-order valence-electron chi connectivity index (χ4n) is 3.27. The quantitative estimate of drug-likeness (QED) is 0.400. The number of aryl methyl sites for hydroxylation is 2. The minimum atomic E-state index is -0.373. The third-order valence-electron chi connectivity index (χ3n) is 4.85. The highest BCUT2D eigenvalue weighted by Crippen LogP contribution is 2.39. The van der Waals surface area contributed by atoms with Crippen molar-refractivity contribution in [2.45, 2.75) is 24.0 Å². The highest BCUT2D eigenvalue weighted by molar-refractivity contribution is 8.00. The van der Waals surface area contributed by atoms with Crippen LogP contribution in [0.1, 0.15) is 21.9 Å². The normalized spacial score (nSPS) is 11.9. The van der Waals surface area contributed by atoms with Gasteiger partial charge in [-0.15, -0.1) is 11.8 Å². The zero-order valence-electron chi connectivity index (χ0n) is 16.4. The number of fused-ring (bicyclic) bond motifs is 1. The number of amides is 1. The molecule has 3 aromatic carbocycles. The van der Waals surface area contributed by atoms with Crippen molar-refractivity contribution in [3.63, 3.8) is 0 Å². The van der Waals surface area contributed by atoms with Crippen LogP contribution in [0.25, 0.3) is 10.9 Å². The van der Waals surface area contributed by atoms with Crippen LogP contribution in [-0.4, -0.2) is 10.9 Å². The second-order valence-electron chi connectivity index (χ2n) is 7.04. The number of aromatic nitrogens is 1. The van der Waals surface area contributed by atoms with Crippen molar-refractivity contribution in [2.75, 3.05) is 5.32 Å². The summed E-state index contributed by atoms with van der Waals surface area (Å²) in [6.07, 6.45) is 1.80. The van der Waals surface area contributed by atoms with Crippen LogP contribution < -0.4 is 5.32 Å². The molecule has 0 saturated heterocycles. The van der Waals surface area contributed by atoms with Crippen LogP contribution in [0.3, 0.4) is 0 Å². The molecular weight excluding hydrogens is 376 g/mol. The molecule has 144 valence electrons. The number of nitrogens with zero attached hydrogens (tertiary/aromatic N) is 1. The summed E-state index contributed by atoms with van der Waals surface area (Å²) in [6.45, 7) is 4.04. The Labute approximate surface area is 175 Å². The summed E-state index contributed by atoms with van der Waals surface area (Å²) in [5.74, 6) is -0.0317. The molecule has 0 radical (unpaired) electrons. The fourth-order valence-corrected chi connectivity index (χ4v) is 4.42. The SMILES string of the molecule is Cc1ccc(C)c(NC(=O)C(Sc2ccnc3ccccc23)c2ccccc2)c1. The Morgan fingerprint density at radius 2 is 1.69 bits per heavy atom. The van der Waals surface area contributed by atoms with E-state index in [-0.39, 0.29) is 11.2 Å². The van der Waals surface area contributed by atoms with Gasteiger partial charge in [-0.2, -0.15) is 0 Å². The Morgan fingerprint density at radius 1 is 0.931 bits per heavy atom. The number of carbonyl (C=O) groups is 1. The van der Waals surface area contributed by atoms with E-state index in [9.17, 15) is 4.79 Å². The first-order chi connectivity index (χ1) is 14.1. The summed E-state index contributed by atoms with van der Waals surface area (Å²) in [6, 6.07) is 26.0. The maximum absolute atomic E-state index is 13.4. The van der Waals surface area contributed by atoms with Crippen LogP contribution in [0.5, 0.6) is 0 Å². The molecule has 4 heteroatoms. The summed E-state index contributed by atoms with van der Waals surface area (Å²) in [5, 5.41) is 3.83. The molecule has 29 heavy (non-hydrogen) atoms. The number of pyridine rings is 1. The number of nitrogens with one attached hydrogen (secondary N) is 1. The van der Waals surface area contributed by atoms with E-state index >= 15 is 0 Å². The summed E-state index contributed by atoms with van der Waals surface area (Å²) < 4.78 is 0. The van der Waals surface area contributed by atoms with Crippen molar-refractivity contribution < 1.29 is 4.79 Å². The van der Waals surface area contributed by atoms with Crippen molar-refractivity contribution in [3.05, 3.63) is 102 Å². The minimum Gasteiger partial charge on any atom is -0.325 e. The van der Waals surface area contributed by atoms with E-state index in [0.717, 1.165) is 38.2 Å². The van der Waals surface area contributed by atoms with Gasteiger partial charge >= 0.3 is 0 Å². The van der Waals surface area contributed by atoms with Gasteiger partial charge in [-0.25, -0.2) is 0 Å². The maximum atomic E-state index is 13.4. The molecule has 0 aliphatic carbocycles. The fraction of sp³-hybridized carbons (Fsp3) is 0.120. The lowest BCUT2D eigenvalue weighted by Gasteiger charge is -2.19. The van der Waals surface area contributed by atoms with Crippen LogP contribution in [0.4, 0.5) is 5.69 Å². The topological polar surface area (TPSA) is 42.0 Å². The van der Waals surface area contributed by atoms with E-state index in [1.54, 1.807) is 18.0 Å². The lowest BCUT2D eigenvalue weighted by molar-refractivity contribution is -0.115. The van der Waals surface area contributed by atoms with E-state index in [2.05, 4.69) is 22.4 Å². The number of thioether (sulfide) groups is 1. The smallest absolute Gasteiger partial charge is 0.242 e. The predicted molar refractivity (Wildman–Crippen MR) is 121 cm³/mol. The monoisotopic (exact) mass is 398 g/mol. The molecule has 1 N–H and O–H groups in total. The van der Waals surface area contributed by atoms with E-state index in [1.165, 1.54) is 0 Å². The lowest BCUT2D eigenvalue weighted by Crippen LogP contribution is -2.19. The molecule has 3 nitrogen and oxygen atoms in total. The Morgan fingerprint density at radius 3 is 2.52 bits per heavy atom. The molecule has 0 bridgehead atoms. The third-order valence-corrected chi connectivity index (χ3v) is 6.18. The van der Waals surface area contributed by atoms with Crippen LogP contribution in [0.15, 0.2) is 90.0 Å². The molecule has 1 heterocycles. The largest absolute Gasteiger partial charge is 0.325 e. The van der Waals surface area contributed by atoms with E-state index in [0.29, 0.717) is 0 Å². The molecule has 0 saturated carbocycles. The zero-order valence-corrected chi connectivity index (χ0v) is 17.2. The molecule has 4 rings (SSSR count). The van der Waals surface area contributed by atoms with Gasteiger partial charge in [0, 0.05) is 22.2 Å². The van der Waals surface area contributed by atoms with Crippen molar-refractivity contribution >= 4 is 34.3 Å². The van der Waals surface area contributed by atoms with Crippen LogP contribution in [-0.2, 0) is 4.79 Å². The molecule has 1 atom stereocenters. The summed E-state index contributed by atoms with van der Waals surface area (Å²) >= 11 is 1.56. The van der Waals surface area contributed by atoms with Gasteiger partial charge in [0.15, 0.2) is 0 Å². The Bertz CT molecular complexity index is 1150. The zero-order chi connectivity index (χ0) is 20.2. The standard InChI is InChI=1S/C25H22N2OS/c1-17-12-13-18(2)22(16-17)27-25(28)24(19-8-4-3-5-9-19)29-23-14-15-26-21-11-7-6-10-20(21)23/h3-16,24H,1-2H3,(H,27,28). The first kappa shape index (κ1) is 19.2. The molecule has 0 aliphatic rings. The van der Waals surface area contributed by atoms with Gasteiger partial charge in [-0.3, -0.25) is 9.78 Å². The highest BCUT2D eigenvalue weighted by Gasteiger charge is 2.23. The number of rotatable bonds is 5. The Hall–Kier alpha value is -3.11. The number of anilines is 1. The van der Waals surface area contributed by atoms with E-state index < -0.39 is 0 Å². The number of hydrogen-bond acceptors (Lipinski definition) is 3. The van der Waals surface area contributed by atoms with Crippen molar-refractivity contribution in [2.24, 2.45) is 0 Å². The molecule has 0 aliphatic heterocycles. The molecule has 1 unspecified atom stereocenters. The average molecular weight is 399 g/mol. The number of para-hydroxylation sites is 1. The average Bonchev–Trinajstić information content (AvgIpc) is 2.75. The summed E-state index contributed by atoms with van der Waals surface area (Å²) in [4.78, 5) is 18.9. The summed E-state index contributed by atoms with van der Waals surface area (Å²) in [5.41, 5.74) is 4.93. The Balaban J connectivity index is 1.70. The second-order valence-corrected chi connectivity index (χ2v) is 8.19. The maximum Gasteiger partial charge on any atom is 0.242 e. The van der Waals surface area contributed by atoms with Crippen LogP contribution >= 0.6 is 11.8 Å². The van der Waals surface area contributed by atoms with Crippen molar-refractivity contribution in [3.8, 4) is 0 Å². The van der Waals surface area contributed by atoms with Gasteiger partial charge in [0.1, 0.15) is 5.25 Å². The second kappa shape index (κ2) is 8.50. The van der Waals surface area contributed by atoms with Gasteiger partial charge in [0.25, 0.3) is 0 Å². The van der Waals surface area contributed by atoms with Crippen LogP contribution in [0.2, 0.25) is 0 Å². The lowest BCUT2D eigenvalue weighted by atomic mass is 10.1. The number of carbonyl (C=O) groups excluding carboxylic acids is 1. The highest BCUT2D eigenvalue weighted by atomic mass is 32.2. The molecule has 4 aromatic rings. The van der Waals surface area contributed by atoms with Gasteiger partial charge in [0.2, 0.25) is 5.91 Å². The first-order valence-corrected chi connectivity index (χ1v) is 10.4. The summed E-state index contributed by atoms with van der Waals surface area (Å²) in [7, 11) is 0. The molecule has 0 fully saturated rings. The van der Waals surface area contributed by atoms with Gasteiger partial charge in [0.05, 0.1) is 5.52 Å². The third kappa shape index (κ3) is 4.33. The van der Waals surface area contributed by atoms with Gasteiger partial charge in [-0.1, -0.05) is 60.7 Å². The number of hydrogen-bond donors (Lipinski definition) is 1. The minimum absolute atomic E-state index is 0.0317. The van der Waals surface area contributed by atoms with E-state index in [1.807, 2.05) is 80.6 Å². The number of benzene rings is 3.